The Labute approximate surface area is 148 Å². The zero-order valence-electron chi connectivity index (χ0n) is 15.3. The molecule has 2 N–H and O–H groups in total. The molecule has 0 atom stereocenters. The van der Waals surface area contributed by atoms with Crippen LogP contribution in [0, 0.1) is 12.3 Å². The summed E-state index contributed by atoms with van der Waals surface area (Å²) in [6, 6.07) is 8.64. The van der Waals surface area contributed by atoms with E-state index < -0.39 is 0 Å². The van der Waals surface area contributed by atoms with Crippen molar-refractivity contribution in [3.63, 3.8) is 0 Å². The maximum atomic E-state index is 12.5. The van der Waals surface area contributed by atoms with Crippen LogP contribution in [0.5, 0.6) is 5.75 Å². The standard InChI is InChI=1S/C18H25N5O2/c1-13-19-11-10-16(20-13)23(12-18(2,3)4)22-17(24)21-14-8-6-7-9-15(14)25-5/h6-11H,12H2,1-5H3,(H2,21,22,24). The summed E-state index contributed by atoms with van der Waals surface area (Å²) < 4.78 is 5.26. The Bertz CT molecular complexity index is 727. The van der Waals surface area contributed by atoms with Crippen molar-refractivity contribution < 1.29 is 9.53 Å². The van der Waals surface area contributed by atoms with Gasteiger partial charge in [-0.2, -0.15) is 0 Å². The second kappa shape index (κ2) is 7.83. The maximum absolute atomic E-state index is 12.5. The second-order valence-electron chi connectivity index (χ2n) is 6.88. The SMILES string of the molecule is COc1ccccc1NC(=O)NN(CC(C)(C)C)c1ccnc(C)n1. The minimum absolute atomic E-state index is 0.0451. The quantitative estimate of drug-likeness (QED) is 0.814. The summed E-state index contributed by atoms with van der Waals surface area (Å²) in [7, 11) is 1.56. The minimum atomic E-state index is -0.370. The lowest BCUT2D eigenvalue weighted by Gasteiger charge is -2.31. The van der Waals surface area contributed by atoms with Crippen molar-refractivity contribution in [2.75, 3.05) is 24.0 Å². The Balaban J connectivity index is 2.17. The first-order valence-corrected chi connectivity index (χ1v) is 8.06. The van der Waals surface area contributed by atoms with Crippen LogP contribution in [0.4, 0.5) is 16.3 Å². The number of nitrogens with one attached hydrogen (secondary N) is 2. The molecule has 0 spiro atoms. The predicted molar refractivity (Wildman–Crippen MR) is 98.7 cm³/mol. The lowest BCUT2D eigenvalue weighted by Crippen LogP contribution is -2.48. The molecule has 0 saturated heterocycles. The lowest BCUT2D eigenvalue weighted by molar-refractivity contribution is 0.249. The molecule has 0 aliphatic heterocycles. The zero-order chi connectivity index (χ0) is 18.4. The Kier molecular flexibility index (Phi) is 5.80. The van der Waals surface area contributed by atoms with Gasteiger partial charge in [0, 0.05) is 18.8 Å². The number of aromatic nitrogens is 2. The molecule has 0 saturated carbocycles. The van der Waals surface area contributed by atoms with Crippen LogP contribution in [0.1, 0.15) is 26.6 Å². The number of hydrazine groups is 1. The van der Waals surface area contributed by atoms with Crippen LogP contribution in [-0.4, -0.2) is 29.7 Å². The number of nitrogens with zero attached hydrogens (tertiary/aromatic N) is 3. The maximum Gasteiger partial charge on any atom is 0.338 e. The zero-order valence-corrected chi connectivity index (χ0v) is 15.3. The van der Waals surface area contributed by atoms with Crippen LogP contribution < -0.4 is 20.5 Å². The second-order valence-corrected chi connectivity index (χ2v) is 6.88. The van der Waals surface area contributed by atoms with E-state index in [0.717, 1.165) is 0 Å². The lowest BCUT2D eigenvalue weighted by atomic mass is 9.97. The number of para-hydroxylation sites is 2. The number of anilines is 2. The number of ether oxygens (including phenoxy) is 1. The van der Waals surface area contributed by atoms with Gasteiger partial charge in [0.1, 0.15) is 11.6 Å². The minimum Gasteiger partial charge on any atom is -0.495 e. The fourth-order valence-corrected chi connectivity index (χ4v) is 2.27. The molecule has 0 aliphatic rings. The van der Waals surface area contributed by atoms with Gasteiger partial charge in [0.15, 0.2) is 5.82 Å². The molecule has 0 fully saturated rings. The molecule has 2 aromatic rings. The van der Waals surface area contributed by atoms with Crippen LogP contribution in [0.15, 0.2) is 36.5 Å². The summed E-state index contributed by atoms with van der Waals surface area (Å²) in [6.45, 7) is 8.67. The normalized spacial score (nSPS) is 10.9. The van der Waals surface area contributed by atoms with Gasteiger partial charge in [0.2, 0.25) is 0 Å². The van der Waals surface area contributed by atoms with Gasteiger partial charge < -0.3 is 10.1 Å². The largest absolute Gasteiger partial charge is 0.495 e. The number of aryl methyl sites for hydroxylation is 1. The number of benzene rings is 1. The first-order valence-electron chi connectivity index (χ1n) is 8.06. The molecule has 0 unspecified atom stereocenters. The van der Waals surface area contributed by atoms with Gasteiger partial charge in [0.25, 0.3) is 0 Å². The van der Waals surface area contributed by atoms with Crippen molar-refractivity contribution in [3.8, 4) is 5.75 Å². The highest BCUT2D eigenvalue weighted by Gasteiger charge is 2.20. The summed E-state index contributed by atoms with van der Waals surface area (Å²) in [4.78, 5) is 21.0. The molecule has 134 valence electrons. The number of hydrogen-bond donors (Lipinski definition) is 2. The molecule has 0 bridgehead atoms. The van der Waals surface area contributed by atoms with Gasteiger partial charge in [-0.05, 0) is 24.5 Å². The van der Waals surface area contributed by atoms with Crippen LogP contribution in [0.3, 0.4) is 0 Å². The van der Waals surface area contributed by atoms with Crippen LogP contribution in [0.25, 0.3) is 0 Å². The van der Waals surface area contributed by atoms with Crippen molar-refractivity contribution in [3.05, 3.63) is 42.4 Å². The summed E-state index contributed by atoms with van der Waals surface area (Å²) in [6.07, 6.45) is 1.67. The fraction of sp³-hybridized carbons (Fsp3) is 0.389. The number of urea groups is 1. The number of rotatable bonds is 5. The number of amides is 2. The molecule has 7 heteroatoms. The van der Waals surface area contributed by atoms with E-state index in [4.69, 9.17) is 4.74 Å². The summed E-state index contributed by atoms with van der Waals surface area (Å²) >= 11 is 0. The van der Waals surface area contributed by atoms with E-state index in [0.29, 0.717) is 29.6 Å². The molecule has 0 radical (unpaired) electrons. The smallest absolute Gasteiger partial charge is 0.338 e. The van der Waals surface area contributed by atoms with E-state index >= 15 is 0 Å². The predicted octanol–water partition coefficient (Wildman–Crippen LogP) is 3.38. The first kappa shape index (κ1) is 18.5. The van der Waals surface area contributed by atoms with Crippen molar-refractivity contribution >= 4 is 17.5 Å². The molecule has 2 rings (SSSR count). The van der Waals surface area contributed by atoms with Gasteiger partial charge in [-0.3, -0.25) is 5.01 Å². The number of carbonyl (C=O) groups is 1. The molecule has 1 heterocycles. The third kappa shape index (κ3) is 5.63. The molecular weight excluding hydrogens is 318 g/mol. The average Bonchev–Trinajstić information content (AvgIpc) is 2.53. The van der Waals surface area contributed by atoms with Crippen molar-refractivity contribution in [2.24, 2.45) is 5.41 Å². The van der Waals surface area contributed by atoms with E-state index in [-0.39, 0.29) is 11.4 Å². The summed E-state index contributed by atoms with van der Waals surface area (Å²) in [5.41, 5.74) is 3.40. The molecule has 1 aromatic carbocycles. The van der Waals surface area contributed by atoms with E-state index in [1.807, 2.05) is 19.1 Å². The first-order chi connectivity index (χ1) is 11.8. The molecule has 1 aromatic heterocycles. The molecule has 25 heavy (non-hydrogen) atoms. The molecule has 0 aliphatic carbocycles. The molecule has 2 amide bonds. The Morgan fingerprint density at radius 3 is 2.60 bits per heavy atom. The van der Waals surface area contributed by atoms with Gasteiger partial charge in [-0.1, -0.05) is 32.9 Å². The third-order valence-corrected chi connectivity index (χ3v) is 3.26. The number of carbonyl (C=O) groups excluding carboxylic acids is 1. The van der Waals surface area contributed by atoms with Crippen LogP contribution >= 0.6 is 0 Å². The van der Waals surface area contributed by atoms with Gasteiger partial charge >= 0.3 is 6.03 Å². The summed E-state index contributed by atoms with van der Waals surface area (Å²) in [5, 5.41) is 4.52. The van der Waals surface area contributed by atoms with Gasteiger partial charge in [-0.15, -0.1) is 0 Å². The highest BCUT2D eigenvalue weighted by atomic mass is 16.5. The summed E-state index contributed by atoms with van der Waals surface area (Å²) in [5.74, 6) is 1.87. The van der Waals surface area contributed by atoms with Crippen LogP contribution in [-0.2, 0) is 0 Å². The topological polar surface area (TPSA) is 79.4 Å². The van der Waals surface area contributed by atoms with E-state index in [1.54, 1.807) is 36.5 Å². The van der Waals surface area contributed by atoms with Crippen molar-refractivity contribution in [1.29, 1.82) is 0 Å². The highest BCUT2D eigenvalue weighted by molar-refractivity contribution is 5.91. The van der Waals surface area contributed by atoms with Crippen molar-refractivity contribution in [1.82, 2.24) is 15.4 Å². The fourth-order valence-electron chi connectivity index (χ4n) is 2.27. The van der Waals surface area contributed by atoms with Gasteiger partial charge in [-0.25, -0.2) is 20.2 Å². The van der Waals surface area contributed by atoms with E-state index in [1.165, 1.54) is 0 Å². The molecule has 7 nitrogen and oxygen atoms in total. The van der Waals surface area contributed by atoms with E-state index in [9.17, 15) is 4.79 Å². The average molecular weight is 343 g/mol. The highest BCUT2D eigenvalue weighted by Crippen LogP contribution is 2.23. The van der Waals surface area contributed by atoms with Crippen LogP contribution in [0.2, 0.25) is 0 Å². The Morgan fingerprint density at radius 1 is 1.24 bits per heavy atom. The number of hydrogen-bond acceptors (Lipinski definition) is 5. The molecular formula is C18H25N5O2. The van der Waals surface area contributed by atoms with Crippen molar-refractivity contribution in [2.45, 2.75) is 27.7 Å². The van der Waals surface area contributed by atoms with Gasteiger partial charge in [0.05, 0.1) is 12.8 Å². The monoisotopic (exact) mass is 343 g/mol. The number of methoxy groups -OCH3 is 1. The third-order valence-electron chi connectivity index (χ3n) is 3.26. The Hall–Kier alpha value is -2.83. The van der Waals surface area contributed by atoms with E-state index in [2.05, 4.69) is 41.5 Å². The Morgan fingerprint density at radius 2 is 1.96 bits per heavy atom.